The van der Waals surface area contributed by atoms with E-state index < -0.39 is 35.1 Å². The van der Waals surface area contributed by atoms with E-state index in [9.17, 15) is 18.4 Å². The molecule has 1 aromatic rings. The third-order valence-corrected chi connectivity index (χ3v) is 1.71. The van der Waals surface area contributed by atoms with Gasteiger partial charge in [-0.1, -0.05) is 0 Å². The van der Waals surface area contributed by atoms with Gasteiger partial charge in [-0.15, -0.1) is 0 Å². The Morgan fingerprint density at radius 3 is 2.33 bits per heavy atom. The summed E-state index contributed by atoms with van der Waals surface area (Å²) in [6, 6.07) is 2.44. The Labute approximate surface area is 82.8 Å². The molecule has 0 bridgehead atoms. The van der Waals surface area contributed by atoms with Gasteiger partial charge in [0.15, 0.2) is 0 Å². The van der Waals surface area contributed by atoms with Gasteiger partial charge in [-0.05, 0) is 18.2 Å². The molecule has 0 radical (unpaired) electrons. The molecular weight excluding hydrogens is 210 g/mol. The number of carbonyl (C=O) groups excluding carboxylic acids is 1. The third-order valence-electron chi connectivity index (χ3n) is 1.71. The Bertz CT molecular complexity index is 415. The van der Waals surface area contributed by atoms with Crippen LogP contribution in [0.3, 0.4) is 0 Å². The van der Waals surface area contributed by atoms with E-state index in [1.165, 1.54) is 0 Å². The summed E-state index contributed by atoms with van der Waals surface area (Å²) in [4.78, 5) is 21.2. The van der Waals surface area contributed by atoms with Crippen molar-refractivity contribution in [3.63, 3.8) is 0 Å². The highest BCUT2D eigenvalue weighted by Gasteiger charge is 2.20. The van der Waals surface area contributed by atoms with Gasteiger partial charge >= 0.3 is 5.97 Å². The summed E-state index contributed by atoms with van der Waals surface area (Å²) in [5.74, 6) is -3.86. The predicted octanol–water partition coefficient (Wildman–Crippen LogP) is 1.60. The molecule has 0 fully saturated rings. The summed E-state index contributed by atoms with van der Waals surface area (Å²) in [5, 5.41) is 17.4. The van der Waals surface area contributed by atoms with Crippen LogP contribution in [0.5, 0.6) is 5.75 Å². The van der Waals surface area contributed by atoms with Crippen LogP contribution in [-0.4, -0.2) is 22.0 Å². The highest BCUT2D eigenvalue weighted by molar-refractivity contribution is 6.40. The fourth-order valence-electron chi connectivity index (χ4n) is 0.986. The maximum atomic E-state index is 12.2. The van der Waals surface area contributed by atoms with Gasteiger partial charge in [0.2, 0.25) is 0 Å². The molecule has 2 N–H and O–H groups in total. The number of rotatable bonds is 3. The molecule has 80 valence electrons. The number of hydrogen-bond donors (Lipinski definition) is 2. The van der Waals surface area contributed by atoms with Gasteiger partial charge in [-0.2, -0.15) is 0 Å². The molecule has 0 aliphatic carbocycles. The second kappa shape index (κ2) is 4.04. The van der Waals surface area contributed by atoms with E-state index in [2.05, 4.69) is 0 Å². The molecule has 0 aliphatic heterocycles. The van der Waals surface area contributed by atoms with Crippen molar-refractivity contribution in [1.82, 2.24) is 0 Å². The number of aliphatic carboxylic acids is 1. The first-order chi connectivity index (χ1) is 6.93. The standard InChI is InChI=1S/C9H6F2O4/c10-8(11)4-1-2-6(12)5(3-4)7(13)9(14)15/h1-3,8,12H,(H,14,15). The molecule has 15 heavy (non-hydrogen) atoms. The van der Waals surface area contributed by atoms with E-state index in [0.717, 1.165) is 12.1 Å². The zero-order valence-electron chi connectivity index (χ0n) is 7.28. The number of carboxylic acids is 1. The van der Waals surface area contributed by atoms with Crippen molar-refractivity contribution in [3.8, 4) is 5.75 Å². The second-order valence-electron chi connectivity index (χ2n) is 2.71. The number of phenols is 1. The lowest BCUT2D eigenvalue weighted by Crippen LogP contribution is -2.13. The number of aromatic hydroxyl groups is 1. The average molecular weight is 216 g/mol. The summed E-state index contributed by atoms with van der Waals surface area (Å²) in [6.45, 7) is 0. The minimum Gasteiger partial charge on any atom is -0.507 e. The van der Waals surface area contributed by atoms with Crippen LogP contribution in [0.25, 0.3) is 0 Å². The van der Waals surface area contributed by atoms with Crippen molar-refractivity contribution >= 4 is 11.8 Å². The normalized spacial score (nSPS) is 10.3. The predicted molar refractivity (Wildman–Crippen MR) is 45.0 cm³/mol. The number of phenolic OH excluding ortho intramolecular Hbond substituents is 1. The van der Waals surface area contributed by atoms with E-state index in [1.807, 2.05) is 0 Å². The quantitative estimate of drug-likeness (QED) is 0.594. The van der Waals surface area contributed by atoms with Crippen LogP contribution in [0.15, 0.2) is 18.2 Å². The van der Waals surface area contributed by atoms with Gasteiger partial charge in [0, 0.05) is 5.56 Å². The molecule has 0 heterocycles. The Balaban J connectivity index is 3.22. The zero-order valence-corrected chi connectivity index (χ0v) is 7.28. The van der Waals surface area contributed by atoms with Crippen LogP contribution in [0.1, 0.15) is 22.3 Å². The smallest absolute Gasteiger partial charge is 0.377 e. The van der Waals surface area contributed by atoms with E-state index in [0.29, 0.717) is 6.07 Å². The van der Waals surface area contributed by atoms with Gasteiger partial charge in [0.25, 0.3) is 12.2 Å². The van der Waals surface area contributed by atoms with Gasteiger partial charge in [-0.25, -0.2) is 13.6 Å². The second-order valence-corrected chi connectivity index (χ2v) is 2.71. The molecule has 0 saturated carbocycles. The minimum atomic E-state index is -2.83. The molecule has 0 unspecified atom stereocenters. The molecule has 0 saturated heterocycles. The summed E-state index contributed by atoms with van der Waals surface area (Å²) < 4.78 is 24.4. The van der Waals surface area contributed by atoms with Gasteiger partial charge in [-0.3, -0.25) is 4.79 Å². The van der Waals surface area contributed by atoms with Crippen LogP contribution in [0.2, 0.25) is 0 Å². The average Bonchev–Trinajstić information content (AvgIpc) is 2.16. The Kier molecular flexibility index (Phi) is 2.99. The molecule has 4 nitrogen and oxygen atoms in total. The summed E-state index contributed by atoms with van der Waals surface area (Å²) in [6.07, 6.45) is -2.83. The minimum absolute atomic E-state index is 0.516. The van der Waals surface area contributed by atoms with Crippen LogP contribution >= 0.6 is 0 Å². The molecule has 0 amide bonds. The first-order valence-electron chi connectivity index (χ1n) is 3.82. The maximum Gasteiger partial charge on any atom is 0.377 e. The molecule has 0 spiro atoms. The Morgan fingerprint density at radius 2 is 1.87 bits per heavy atom. The zero-order chi connectivity index (χ0) is 11.6. The summed E-state index contributed by atoms with van der Waals surface area (Å²) in [7, 11) is 0. The van der Waals surface area contributed by atoms with Gasteiger partial charge in [0.05, 0.1) is 5.56 Å². The number of carboxylic acid groups (broad SMARTS) is 1. The monoisotopic (exact) mass is 216 g/mol. The number of alkyl halides is 2. The maximum absolute atomic E-state index is 12.2. The van der Waals surface area contributed by atoms with Crippen LogP contribution in [0.4, 0.5) is 8.78 Å². The largest absolute Gasteiger partial charge is 0.507 e. The van der Waals surface area contributed by atoms with E-state index in [-0.39, 0.29) is 0 Å². The third kappa shape index (κ3) is 2.28. The molecule has 1 aromatic carbocycles. The summed E-state index contributed by atoms with van der Waals surface area (Å²) >= 11 is 0. The molecule has 1 rings (SSSR count). The summed E-state index contributed by atoms with van der Waals surface area (Å²) in [5.41, 5.74) is -1.15. The number of Topliss-reactive ketones (excluding diaryl/α,β-unsaturated/α-hetero) is 1. The molecular formula is C9H6F2O4. The molecule has 6 heteroatoms. The first-order valence-corrected chi connectivity index (χ1v) is 3.82. The van der Waals surface area contributed by atoms with Crippen LogP contribution in [0, 0.1) is 0 Å². The number of carbonyl (C=O) groups is 2. The van der Waals surface area contributed by atoms with Crippen molar-refractivity contribution < 1.29 is 28.6 Å². The number of ketones is 1. The van der Waals surface area contributed by atoms with Gasteiger partial charge < -0.3 is 10.2 Å². The van der Waals surface area contributed by atoms with E-state index >= 15 is 0 Å². The molecule has 0 atom stereocenters. The number of halogens is 2. The Hall–Kier alpha value is -1.98. The van der Waals surface area contributed by atoms with Crippen molar-refractivity contribution in [2.24, 2.45) is 0 Å². The lowest BCUT2D eigenvalue weighted by molar-refractivity contribution is -0.131. The SMILES string of the molecule is O=C(O)C(=O)c1cc(C(F)F)ccc1O. The van der Waals surface area contributed by atoms with Crippen molar-refractivity contribution in [3.05, 3.63) is 29.3 Å². The van der Waals surface area contributed by atoms with E-state index in [4.69, 9.17) is 10.2 Å². The van der Waals surface area contributed by atoms with Gasteiger partial charge in [0.1, 0.15) is 5.75 Å². The van der Waals surface area contributed by atoms with Crippen molar-refractivity contribution in [2.45, 2.75) is 6.43 Å². The number of hydrogen-bond acceptors (Lipinski definition) is 3. The fourth-order valence-corrected chi connectivity index (χ4v) is 0.986. The Morgan fingerprint density at radius 1 is 1.27 bits per heavy atom. The number of benzene rings is 1. The lowest BCUT2D eigenvalue weighted by Gasteiger charge is -2.04. The first kappa shape index (κ1) is 11.1. The topological polar surface area (TPSA) is 74.6 Å². The van der Waals surface area contributed by atoms with Crippen molar-refractivity contribution in [1.29, 1.82) is 0 Å². The highest BCUT2D eigenvalue weighted by Crippen LogP contribution is 2.25. The van der Waals surface area contributed by atoms with Crippen LogP contribution in [-0.2, 0) is 4.79 Å². The fraction of sp³-hybridized carbons (Fsp3) is 0.111. The highest BCUT2D eigenvalue weighted by atomic mass is 19.3. The van der Waals surface area contributed by atoms with Crippen molar-refractivity contribution in [2.75, 3.05) is 0 Å². The molecule has 0 aromatic heterocycles. The van der Waals surface area contributed by atoms with E-state index in [1.54, 1.807) is 0 Å². The van der Waals surface area contributed by atoms with Crippen LogP contribution < -0.4 is 0 Å². The molecule has 0 aliphatic rings. The lowest BCUT2D eigenvalue weighted by atomic mass is 10.1.